The summed E-state index contributed by atoms with van der Waals surface area (Å²) in [6.07, 6.45) is 0. The van der Waals surface area contributed by atoms with E-state index < -0.39 is 0 Å². The summed E-state index contributed by atoms with van der Waals surface area (Å²) in [5.41, 5.74) is 4.53. The molecule has 144 valence electrons. The Hall–Kier alpha value is -2.01. The van der Waals surface area contributed by atoms with Crippen molar-refractivity contribution in [2.24, 2.45) is 0 Å². The first-order chi connectivity index (χ1) is 13.6. The van der Waals surface area contributed by atoms with Gasteiger partial charge in [0, 0.05) is 21.5 Å². The van der Waals surface area contributed by atoms with Gasteiger partial charge in [-0.25, -0.2) is 0 Å². The maximum atomic E-state index is 6.28. The van der Waals surface area contributed by atoms with Gasteiger partial charge in [-0.15, -0.1) is 11.8 Å². The van der Waals surface area contributed by atoms with Crippen molar-refractivity contribution in [1.29, 1.82) is 0 Å². The number of ether oxygens (including phenoxy) is 1. The van der Waals surface area contributed by atoms with Crippen LogP contribution < -0.4 is 15.0 Å². The van der Waals surface area contributed by atoms with Crippen LogP contribution in [0.2, 0.25) is 10.0 Å². The zero-order chi connectivity index (χ0) is 19.5. The van der Waals surface area contributed by atoms with E-state index in [2.05, 4.69) is 34.5 Å². The van der Waals surface area contributed by atoms with Crippen LogP contribution in [0.25, 0.3) is 0 Å². The normalized spacial score (nSPS) is 15.2. The van der Waals surface area contributed by atoms with Crippen molar-refractivity contribution in [2.75, 3.05) is 16.8 Å². The lowest BCUT2D eigenvalue weighted by Gasteiger charge is -2.27. The van der Waals surface area contributed by atoms with E-state index in [0.717, 1.165) is 38.6 Å². The van der Waals surface area contributed by atoms with Crippen LogP contribution in [0.3, 0.4) is 0 Å². The van der Waals surface area contributed by atoms with E-state index in [1.807, 2.05) is 61.2 Å². The third kappa shape index (κ3) is 4.19. The molecule has 1 heterocycles. The van der Waals surface area contributed by atoms with Crippen molar-refractivity contribution in [3.05, 3.63) is 82.3 Å². The van der Waals surface area contributed by atoms with Gasteiger partial charge in [0.1, 0.15) is 5.75 Å². The Bertz CT molecular complexity index is 948. The number of nitrogens with one attached hydrogen (secondary N) is 1. The molecule has 0 fully saturated rings. The molecule has 0 radical (unpaired) electrons. The molecule has 0 aliphatic carbocycles. The number of benzene rings is 3. The smallest absolute Gasteiger partial charge is 0.153 e. The summed E-state index contributed by atoms with van der Waals surface area (Å²) in [5, 5.41) is 5.08. The van der Waals surface area contributed by atoms with Gasteiger partial charge in [-0.05, 0) is 67.1 Å². The Morgan fingerprint density at radius 2 is 1.68 bits per heavy atom. The fourth-order valence-corrected chi connectivity index (χ4v) is 4.60. The molecular weight excluding hydrogens is 411 g/mol. The maximum Gasteiger partial charge on any atom is 0.153 e. The minimum atomic E-state index is 0.0575. The molecule has 1 aliphatic rings. The number of thioether (sulfide) groups is 1. The highest BCUT2D eigenvalue weighted by molar-refractivity contribution is 7.99. The van der Waals surface area contributed by atoms with Gasteiger partial charge < -0.3 is 15.0 Å². The first-order valence-corrected chi connectivity index (χ1v) is 10.9. The van der Waals surface area contributed by atoms with E-state index in [1.165, 1.54) is 5.56 Å². The van der Waals surface area contributed by atoms with Crippen LogP contribution in [0.5, 0.6) is 5.75 Å². The Labute approximate surface area is 179 Å². The minimum absolute atomic E-state index is 0.0575. The molecule has 0 spiro atoms. The van der Waals surface area contributed by atoms with E-state index >= 15 is 0 Å². The molecule has 0 bridgehead atoms. The zero-order valence-electron chi connectivity index (χ0n) is 15.4. The minimum Gasteiger partial charge on any atom is -0.494 e. The molecule has 0 saturated carbocycles. The van der Waals surface area contributed by atoms with Crippen LogP contribution in [-0.4, -0.2) is 12.1 Å². The van der Waals surface area contributed by atoms with Crippen LogP contribution in [0.1, 0.15) is 12.5 Å². The van der Waals surface area contributed by atoms with E-state index in [4.69, 9.17) is 27.9 Å². The molecule has 0 aromatic heterocycles. The molecule has 28 heavy (non-hydrogen) atoms. The number of halogens is 2. The lowest BCUT2D eigenvalue weighted by atomic mass is 10.2. The summed E-state index contributed by atoms with van der Waals surface area (Å²) >= 11 is 14.1. The average Bonchev–Trinajstić information content (AvgIpc) is 3.06. The lowest BCUT2D eigenvalue weighted by molar-refractivity contribution is 0.340. The Kier molecular flexibility index (Phi) is 5.90. The van der Waals surface area contributed by atoms with Crippen LogP contribution in [0.15, 0.2) is 66.7 Å². The number of anilines is 3. The van der Waals surface area contributed by atoms with Crippen LogP contribution >= 0.6 is 35.0 Å². The number of nitrogens with zero attached hydrogens (tertiary/aromatic N) is 1. The Balaban J connectivity index is 1.60. The van der Waals surface area contributed by atoms with Gasteiger partial charge in [0.05, 0.1) is 18.0 Å². The molecule has 3 aromatic carbocycles. The third-order valence-electron chi connectivity index (χ3n) is 4.48. The monoisotopic (exact) mass is 430 g/mol. The summed E-state index contributed by atoms with van der Waals surface area (Å²) in [4.78, 5) is 2.28. The van der Waals surface area contributed by atoms with Crippen LogP contribution in [0.4, 0.5) is 17.1 Å². The van der Waals surface area contributed by atoms with Gasteiger partial charge >= 0.3 is 0 Å². The SMILES string of the molecule is CCOc1ccc(N2c3cc(Cl)ccc3NC2SCc2ccc(Cl)cc2)cc1. The predicted octanol–water partition coefficient (Wildman–Crippen LogP) is 7.17. The quantitative estimate of drug-likeness (QED) is 0.447. The Morgan fingerprint density at radius 1 is 0.964 bits per heavy atom. The second-order valence-electron chi connectivity index (χ2n) is 6.39. The van der Waals surface area contributed by atoms with E-state index in [9.17, 15) is 0 Å². The van der Waals surface area contributed by atoms with Crippen molar-refractivity contribution < 1.29 is 4.74 Å². The van der Waals surface area contributed by atoms with Crippen LogP contribution in [-0.2, 0) is 5.75 Å². The summed E-state index contributed by atoms with van der Waals surface area (Å²) in [5.74, 6) is 1.74. The second-order valence-corrected chi connectivity index (χ2v) is 8.33. The average molecular weight is 431 g/mol. The topological polar surface area (TPSA) is 24.5 Å². The molecule has 1 unspecified atom stereocenters. The molecule has 4 rings (SSSR count). The van der Waals surface area contributed by atoms with Gasteiger partial charge in [0.25, 0.3) is 0 Å². The maximum absolute atomic E-state index is 6.28. The fourth-order valence-electron chi connectivity index (χ4n) is 3.17. The highest BCUT2D eigenvalue weighted by atomic mass is 35.5. The van der Waals surface area contributed by atoms with Gasteiger partial charge in [-0.1, -0.05) is 35.3 Å². The van der Waals surface area contributed by atoms with E-state index in [-0.39, 0.29) is 5.50 Å². The number of rotatable bonds is 6. The number of hydrogen-bond donors (Lipinski definition) is 1. The van der Waals surface area contributed by atoms with Crippen molar-refractivity contribution in [3.8, 4) is 5.75 Å². The first kappa shape index (κ1) is 19.3. The highest BCUT2D eigenvalue weighted by Gasteiger charge is 2.30. The molecule has 0 amide bonds. The molecule has 1 atom stereocenters. The first-order valence-electron chi connectivity index (χ1n) is 9.08. The van der Waals surface area contributed by atoms with Crippen molar-refractivity contribution in [3.63, 3.8) is 0 Å². The second kappa shape index (κ2) is 8.56. The molecule has 3 nitrogen and oxygen atoms in total. The van der Waals surface area contributed by atoms with Crippen molar-refractivity contribution in [1.82, 2.24) is 0 Å². The molecule has 0 saturated heterocycles. The van der Waals surface area contributed by atoms with Gasteiger partial charge in [-0.3, -0.25) is 0 Å². The lowest BCUT2D eigenvalue weighted by Crippen LogP contribution is -2.28. The van der Waals surface area contributed by atoms with Gasteiger partial charge in [0.2, 0.25) is 0 Å². The summed E-state index contributed by atoms with van der Waals surface area (Å²) in [6.45, 7) is 2.64. The van der Waals surface area contributed by atoms with E-state index in [0.29, 0.717) is 6.61 Å². The molecule has 3 aromatic rings. The van der Waals surface area contributed by atoms with Crippen molar-refractivity contribution >= 4 is 52.0 Å². The summed E-state index contributed by atoms with van der Waals surface area (Å²) in [6, 6.07) is 22.1. The molecule has 1 aliphatic heterocycles. The van der Waals surface area contributed by atoms with Crippen molar-refractivity contribution in [2.45, 2.75) is 18.2 Å². The fraction of sp³-hybridized carbons (Fsp3) is 0.182. The highest BCUT2D eigenvalue weighted by Crippen LogP contribution is 2.45. The number of hydrogen-bond acceptors (Lipinski definition) is 4. The largest absolute Gasteiger partial charge is 0.494 e. The standard InChI is InChI=1S/C22H20Cl2N2OS/c1-2-27-19-10-8-18(9-11-19)26-21-13-17(24)7-12-20(21)25-22(26)28-14-15-3-5-16(23)6-4-15/h3-13,22,25H,2,14H2,1H3. The van der Waals surface area contributed by atoms with Gasteiger partial charge in [0.15, 0.2) is 5.50 Å². The summed E-state index contributed by atoms with van der Waals surface area (Å²) in [7, 11) is 0. The Morgan fingerprint density at radius 3 is 2.39 bits per heavy atom. The third-order valence-corrected chi connectivity index (χ3v) is 6.11. The number of fused-ring (bicyclic) bond motifs is 1. The molecule has 1 N–H and O–H groups in total. The predicted molar refractivity (Wildman–Crippen MR) is 121 cm³/mol. The molecular formula is C22H20Cl2N2OS. The van der Waals surface area contributed by atoms with Gasteiger partial charge in [-0.2, -0.15) is 0 Å². The van der Waals surface area contributed by atoms with E-state index in [1.54, 1.807) is 0 Å². The molecule has 6 heteroatoms. The zero-order valence-corrected chi connectivity index (χ0v) is 17.7. The van der Waals surface area contributed by atoms with Crippen LogP contribution in [0, 0.1) is 0 Å². The summed E-state index contributed by atoms with van der Waals surface area (Å²) < 4.78 is 5.58.